The molecule has 7 nitrogen and oxygen atoms in total. The molecular formula is C19H19N3O4S. The second kappa shape index (κ2) is 7.71. The van der Waals surface area contributed by atoms with E-state index in [-0.39, 0.29) is 18.5 Å². The number of hydrogen-bond donors (Lipinski definition) is 2. The minimum atomic E-state index is -1.13. The Balaban J connectivity index is 1.73. The van der Waals surface area contributed by atoms with E-state index in [0.29, 0.717) is 15.8 Å². The molecule has 0 bridgehead atoms. The molecule has 140 valence electrons. The summed E-state index contributed by atoms with van der Waals surface area (Å²) in [5.74, 6) is -1.57. The maximum absolute atomic E-state index is 12.3. The second-order valence-electron chi connectivity index (χ2n) is 6.26. The fourth-order valence-electron chi connectivity index (χ4n) is 2.87. The molecule has 1 aromatic carbocycles. The van der Waals surface area contributed by atoms with Crippen LogP contribution in [0.15, 0.2) is 40.8 Å². The van der Waals surface area contributed by atoms with Gasteiger partial charge in [0.05, 0.1) is 11.7 Å². The van der Waals surface area contributed by atoms with Gasteiger partial charge in [0.1, 0.15) is 4.83 Å². The van der Waals surface area contributed by atoms with Crippen molar-refractivity contribution in [3.05, 3.63) is 63.0 Å². The van der Waals surface area contributed by atoms with Crippen LogP contribution in [-0.4, -0.2) is 26.5 Å². The van der Waals surface area contributed by atoms with Crippen molar-refractivity contribution < 1.29 is 14.7 Å². The molecule has 2 aromatic heterocycles. The predicted octanol–water partition coefficient (Wildman–Crippen LogP) is 2.41. The largest absolute Gasteiger partial charge is 0.479 e. The Labute approximate surface area is 159 Å². The van der Waals surface area contributed by atoms with E-state index in [1.54, 1.807) is 23.6 Å². The van der Waals surface area contributed by atoms with E-state index in [9.17, 15) is 19.5 Å². The molecule has 0 aliphatic heterocycles. The number of carbonyl (C=O) groups is 2. The van der Waals surface area contributed by atoms with E-state index in [4.69, 9.17) is 0 Å². The van der Waals surface area contributed by atoms with Crippen LogP contribution in [0.25, 0.3) is 10.2 Å². The normalized spacial score (nSPS) is 12.1. The highest BCUT2D eigenvalue weighted by Crippen LogP contribution is 2.21. The zero-order valence-electron chi connectivity index (χ0n) is 14.9. The quantitative estimate of drug-likeness (QED) is 0.678. The van der Waals surface area contributed by atoms with Gasteiger partial charge in [0.25, 0.3) is 5.56 Å². The van der Waals surface area contributed by atoms with Gasteiger partial charge in [-0.3, -0.25) is 14.2 Å². The van der Waals surface area contributed by atoms with Gasteiger partial charge in [-0.2, -0.15) is 0 Å². The average Bonchev–Trinajstić information content (AvgIpc) is 3.11. The number of carboxylic acid groups (broad SMARTS) is 1. The van der Waals surface area contributed by atoms with Crippen LogP contribution in [0.2, 0.25) is 0 Å². The zero-order chi connectivity index (χ0) is 19.6. The van der Waals surface area contributed by atoms with Crippen LogP contribution in [-0.2, 0) is 16.1 Å². The molecule has 0 spiro atoms. The van der Waals surface area contributed by atoms with Crippen LogP contribution in [0, 0.1) is 13.8 Å². The minimum Gasteiger partial charge on any atom is -0.479 e. The Morgan fingerprint density at radius 2 is 2.07 bits per heavy atom. The molecular weight excluding hydrogens is 366 g/mol. The highest BCUT2D eigenvalue weighted by atomic mass is 32.1. The summed E-state index contributed by atoms with van der Waals surface area (Å²) in [6, 6.07) is 5.92. The molecule has 2 N–H and O–H groups in total. The van der Waals surface area contributed by atoms with E-state index in [1.165, 1.54) is 22.2 Å². The first-order valence-electron chi connectivity index (χ1n) is 8.39. The van der Waals surface area contributed by atoms with Crippen LogP contribution < -0.4 is 10.9 Å². The molecule has 0 saturated heterocycles. The molecule has 1 unspecified atom stereocenters. The van der Waals surface area contributed by atoms with Gasteiger partial charge in [0.15, 0.2) is 6.04 Å². The molecule has 1 atom stereocenters. The third-order valence-electron chi connectivity index (χ3n) is 4.54. The standard InChI is InChI=1S/C19H19N3O4S/c1-11-4-3-5-13(12(11)2)16(19(25)26)21-15(23)6-8-22-10-20-17-14(18(22)24)7-9-27-17/h3-5,7,9-10,16H,6,8H2,1-2H3,(H,21,23)(H,25,26). The lowest BCUT2D eigenvalue weighted by atomic mass is 9.97. The lowest BCUT2D eigenvalue weighted by Crippen LogP contribution is -2.35. The summed E-state index contributed by atoms with van der Waals surface area (Å²) in [5.41, 5.74) is 2.12. The van der Waals surface area contributed by atoms with Crippen molar-refractivity contribution in [1.82, 2.24) is 14.9 Å². The molecule has 0 aliphatic rings. The molecule has 0 fully saturated rings. The Bertz CT molecular complexity index is 1070. The summed E-state index contributed by atoms with van der Waals surface area (Å²) < 4.78 is 1.36. The van der Waals surface area contributed by atoms with E-state index in [0.717, 1.165) is 11.1 Å². The van der Waals surface area contributed by atoms with Gasteiger partial charge in [0.2, 0.25) is 5.91 Å². The third-order valence-corrected chi connectivity index (χ3v) is 5.36. The Hall–Kier alpha value is -3.00. The monoisotopic (exact) mass is 385 g/mol. The average molecular weight is 385 g/mol. The van der Waals surface area contributed by atoms with Crippen molar-refractivity contribution in [3.8, 4) is 0 Å². The summed E-state index contributed by atoms with van der Waals surface area (Å²) in [5, 5.41) is 14.4. The van der Waals surface area contributed by atoms with E-state index >= 15 is 0 Å². The fraction of sp³-hybridized carbons (Fsp3) is 0.263. The summed E-state index contributed by atoms with van der Waals surface area (Å²) >= 11 is 1.38. The number of nitrogens with zero attached hydrogens (tertiary/aromatic N) is 2. The summed E-state index contributed by atoms with van der Waals surface area (Å²) in [6.45, 7) is 3.84. The lowest BCUT2D eigenvalue weighted by molar-refractivity contribution is -0.142. The van der Waals surface area contributed by atoms with Crippen molar-refractivity contribution in [1.29, 1.82) is 0 Å². The molecule has 3 rings (SSSR count). The minimum absolute atomic E-state index is 0.0220. The smallest absolute Gasteiger partial charge is 0.330 e. The van der Waals surface area contributed by atoms with Gasteiger partial charge in [-0.25, -0.2) is 9.78 Å². The van der Waals surface area contributed by atoms with Gasteiger partial charge in [-0.15, -0.1) is 11.3 Å². The van der Waals surface area contributed by atoms with Crippen LogP contribution in [0.4, 0.5) is 0 Å². The number of amides is 1. The van der Waals surface area contributed by atoms with Gasteiger partial charge in [-0.05, 0) is 42.0 Å². The molecule has 1 amide bonds. The first-order valence-corrected chi connectivity index (χ1v) is 9.27. The number of carbonyl (C=O) groups excluding carboxylic acids is 1. The van der Waals surface area contributed by atoms with Crippen LogP contribution in [0.3, 0.4) is 0 Å². The molecule has 8 heteroatoms. The number of thiophene rings is 1. The van der Waals surface area contributed by atoms with Gasteiger partial charge >= 0.3 is 5.97 Å². The van der Waals surface area contributed by atoms with Crippen LogP contribution >= 0.6 is 11.3 Å². The first kappa shape index (κ1) is 18.8. The third kappa shape index (κ3) is 3.90. The highest BCUT2D eigenvalue weighted by molar-refractivity contribution is 7.16. The Morgan fingerprint density at radius 1 is 1.30 bits per heavy atom. The Kier molecular flexibility index (Phi) is 5.36. The van der Waals surface area contributed by atoms with Gasteiger partial charge in [0, 0.05) is 13.0 Å². The number of aryl methyl sites for hydroxylation is 2. The fourth-order valence-corrected chi connectivity index (χ4v) is 3.59. The SMILES string of the molecule is Cc1cccc(C(NC(=O)CCn2cnc3sccc3c2=O)C(=O)O)c1C. The van der Waals surface area contributed by atoms with Crippen molar-refractivity contribution in [2.45, 2.75) is 32.9 Å². The maximum atomic E-state index is 12.3. The summed E-state index contributed by atoms with van der Waals surface area (Å²) in [4.78, 5) is 41.2. The number of aromatic nitrogens is 2. The number of hydrogen-bond acceptors (Lipinski definition) is 5. The molecule has 27 heavy (non-hydrogen) atoms. The van der Waals surface area contributed by atoms with Crippen molar-refractivity contribution in [3.63, 3.8) is 0 Å². The van der Waals surface area contributed by atoms with E-state index in [1.807, 2.05) is 19.9 Å². The molecule has 0 aliphatic carbocycles. The number of carboxylic acids is 1. The maximum Gasteiger partial charge on any atom is 0.330 e. The van der Waals surface area contributed by atoms with Gasteiger partial charge in [-0.1, -0.05) is 18.2 Å². The number of benzene rings is 1. The number of fused-ring (bicyclic) bond motifs is 1. The lowest BCUT2D eigenvalue weighted by Gasteiger charge is -2.18. The van der Waals surface area contributed by atoms with Crippen LogP contribution in [0.1, 0.15) is 29.2 Å². The zero-order valence-corrected chi connectivity index (χ0v) is 15.7. The molecule has 2 heterocycles. The van der Waals surface area contributed by atoms with Crippen molar-refractivity contribution >= 4 is 33.4 Å². The summed E-state index contributed by atoms with van der Waals surface area (Å²) in [6.07, 6.45) is 1.39. The van der Waals surface area contributed by atoms with Gasteiger partial charge < -0.3 is 10.4 Å². The topological polar surface area (TPSA) is 101 Å². The first-order chi connectivity index (χ1) is 12.9. The molecule has 0 saturated carbocycles. The molecule has 3 aromatic rings. The summed E-state index contributed by atoms with van der Waals surface area (Å²) in [7, 11) is 0. The Morgan fingerprint density at radius 3 is 2.81 bits per heavy atom. The highest BCUT2D eigenvalue weighted by Gasteiger charge is 2.24. The number of aliphatic carboxylic acids is 1. The number of rotatable bonds is 6. The molecule has 0 radical (unpaired) electrons. The van der Waals surface area contributed by atoms with Crippen LogP contribution in [0.5, 0.6) is 0 Å². The predicted molar refractivity (Wildman–Crippen MR) is 103 cm³/mol. The van der Waals surface area contributed by atoms with E-state index in [2.05, 4.69) is 10.3 Å². The second-order valence-corrected chi connectivity index (χ2v) is 7.16. The van der Waals surface area contributed by atoms with Crippen molar-refractivity contribution in [2.24, 2.45) is 0 Å². The van der Waals surface area contributed by atoms with Crippen molar-refractivity contribution in [2.75, 3.05) is 0 Å². The number of nitrogens with one attached hydrogen (secondary N) is 1. The van der Waals surface area contributed by atoms with E-state index < -0.39 is 17.9 Å².